The number of nitrogens with one attached hydrogen (secondary N) is 1. The Morgan fingerprint density at radius 3 is 2.50 bits per heavy atom. The Bertz CT molecular complexity index is 899. The number of fused-ring (bicyclic) bond motifs is 1. The second-order valence-corrected chi connectivity index (χ2v) is 6.81. The molecule has 0 amide bonds. The molecule has 136 valence electrons. The molecule has 1 heterocycles. The van der Waals surface area contributed by atoms with Crippen LogP contribution in [0.4, 0.5) is 0 Å². The molecule has 3 aromatic rings. The van der Waals surface area contributed by atoms with Crippen LogP contribution in [0.15, 0.2) is 54.6 Å². The lowest BCUT2D eigenvalue weighted by Gasteiger charge is -2.20. The van der Waals surface area contributed by atoms with Crippen LogP contribution in [-0.4, -0.2) is 28.0 Å². The first-order valence-electron chi connectivity index (χ1n) is 9.04. The zero-order valence-electron chi connectivity index (χ0n) is 15.6. The summed E-state index contributed by atoms with van der Waals surface area (Å²) in [5, 5.41) is 14.7. The van der Waals surface area contributed by atoms with Gasteiger partial charge in [0, 0.05) is 48.2 Å². The van der Waals surface area contributed by atoms with E-state index in [-0.39, 0.29) is 11.8 Å². The van der Waals surface area contributed by atoms with E-state index in [1.54, 1.807) is 0 Å². The molecule has 0 aliphatic carbocycles. The van der Waals surface area contributed by atoms with E-state index < -0.39 is 6.10 Å². The van der Waals surface area contributed by atoms with Crippen molar-refractivity contribution in [3.8, 4) is 0 Å². The molecule has 1 aromatic heterocycles. The maximum atomic E-state index is 12.8. The van der Waals surface area contributed by atoms with Crippen molar-refractivity contribution < 1.29 is 9.90 Å². The van der Waals surface area contributed by atoms with E-state index >= 15 is 0 Å². The van der Waals surface area contributed by atoms with Crippen LogP contribution in [-0.2, 0) is 7.05 Å². The van der Waals surface area contributed by atoms with Gasteiger partial charge in [0.1, 0.15) is 0 Å². The van der Waals surface area contributed by atoms with E-state index in [2.05, 4.69) is 9.88 Å². The lowest BCUT2D eigenvalue weighted by atomic mass is 10.0. The molecule has 26 heavy (non-hydrogen) atoms. The first-order chi connectivity index (χ1) is 12.5. The molecular weight excluding hydrogens is 324 g/mol. The molecule has 0 saturated carbocycles. The second kappa shape index (κ2) is 7.85. The van der Waals surface area contributed by atoms with Crippen LogP contribution >= 0.6 is 0 Å². The third-order valence-corrected chi connectivity index (χ3v) is 5.11. The summed E-state index contributed by atoms with van der Waals surface area (Å²) < 4.78 is 2.07. The molecule has 4 nitrogen and oxygen atoms in total. The monoisotopic (exact) mass is 350 g/mol. The number of hydrogen-bond acceptors (Lipinski definition) is 3. The van der Waals surface area contributed by atoms with Gasteiger partial charge in [-0.15, -0.1) is 0 Å². The van der Waals surface area contributed by atoms with Crippen LogP contribution in [0.5, 0.6) is 0 Å². The highest BCUT2D eigenvalue weighted by Crippen LogP contribution is 2.25. The summed E-state index contributed by atoms with van der Waals surface area (Å²) in [5.41, 5.74) is 3.76. The van der Waals surface area contributed by atoms with Crippen molar-refractivity contribution >= 4 is 16.7 Å². The van der Waals surface area contributed by atoms with Gasteiger partial charge in [-0.05, 0) is 25.5 Å². The number of benzene rings is 2. The molecule has 0 bridgehead atoms. The van der Waals surface area contributed by atoms with Crippen molar-refractivity contribution in [2.45, 2.75) is 32.4 Å². The smallest absolute Gasteiger partial charge is 0.166 e. The van der Waals surface area contributed by atoms with E-state index in [9.17, 15) is 9.90 Å². The van der Waals surface area contributed by atoms with Gasteiger partial charge < -0.3 is 15.0 Å². The molecule has 0 fully saturated rings. The Hall–Kier alpha value is -2.43. The largest absolute Gasteiger partial charge is 0.387 e. The number of carbonyl (C=O) groups excluding carboxylic acids is 1. The van der Waals surface area contributed by atoms with Gasteiger partial charge in [0.2, 0.25) is 0 Å². The number of hydrogen-bond donors (Lipinski definition) is 2. The van der Waals surface area contributed by atoms with Crippen LogP contribution in [0.3, 0.4) is 0 Å². The Kier molecular flexibility index (Phi) is 5.55. The summed E-state index contributed by atoms with van der Waals surface area (Å²) in [5.74, 6) is 0.133. The predicted octanol–water partition coefficient (Wildman–Crippen LogP) is 3.77. The number of carbonyl (C=O) groups is 1. The molecule has 4 heteroatoms. The first-order valence-corrected chi connectivity index (χ1v) is 9.04. The van der Waals surface area contributed by atoms with Gasteiger partial charge >= 0.3 is 0 Å². The SMILES string of the molecule is Cc1c(C(=O)CCNC(C)C(O)c2ccccc2)c2ccccc2n1C. The van der Waals surface area contributed by atoms with Crippen LogP contribution < -0.4 is 5.32 Å². The number of para-hydroxylation sites is 1. The highest BCUT2D eigenvalue weighted by molar-refractivity contribution is 6.09. The maximum absolute atomic E-state index is 12.8. The second-order valence-electron chi connectivity index (χ2n) is 6.81. The third-order valence-electron chi connectivity index (χ3n) is 5.11. The van der Waals surface area contributed by atoms with Crippen LogP contribution in [0.2, 0.25) is 0 Å². The minimum atomic E-state index is -0.592. The zero-order valence-corrected chi connectivity index (χ0v) is 15.6. The lowest BCUT2D eigenvalue weighted by molar-refractivity contribution is 0.0973. The Morgan fingerprint density at radius 2 is 1.77 bits per heavy atom. The number of nitrogens with zero attached hydrogens (tertiary/aromatic N) is 1. The van der Waals surface area contributed by atoms with E-state index in [4.69, 9.17) is 0 Å². The number of Topliss-reactive ketones (excluding diaryl/α,β-unsaturated/α-hetero) is 1. The molecule has 0 aliphatic rings. The molecule has 0 spiro atoms. The van der Waals surface area contributed by atoms with Gasteiger partial charge in [-0.3, -0.25) is 4.79 Å². The van der Waals surface area contributed by atoms with E-state index in [0.29, 0.717) is 13.0 Å². The minimum Gasteiger partial charge on any atom is -0.387 e. The number of aromatic nitrogens is 1. The standard InChI is InChI=1S/C22H26N2O2/c1-15(22(26)17-9-5-4-6-10-17)23-14-13-20(25)21-16(2)24(3)19-12-8-7-11-18(19)21/h4-12,15,22-23,26H,13-14H2,1-3H3. The zero-order chi connectivity index (χ0) is 18.7. The number of aliphatic hydroxyl groups is 1. The van der Waals surface area contributed by atoms with Gasteiger partial charge in [0.25, 0.3) is 0 Å². The summed E-state index contributed by atoms with van der Waals surface area (Å²) >= 11 is 0. The first kappa shape index (κ1) is 18.4. The molecule has 2 N–H and O–H groups in total. The van der Waals surface area contributed by atoms with Crippen LogP contribution in [0.25, 0.3) is 10.9 Å². The number of ketones is 1. The third kappa shape index (κ3) is 3.57. The van der Waals surface area contributed by atoms with Crippen molar-refractivity contribution in [3.05, 3.63) is 71.4 Å². The Labute approximate surface area is 154 Å². The fourth-order valence-corrected chi connectivity index (χ4v) is 3.46. The molecular formula is C22H26N2O2. The van der Waals surface area contributed by atoms with Gasteiger partial charge in [-0.2, -0.15) is 0 Å². The van der Waals surface area contributed by atoms with E-state index in [1.165, 1.54) is 0 Å². The Balaban J connectivity index is 1.64. The molecule has 0 saturated heterocycles. The van der Waals surface area contributed by atoms with Crippen LogP contribution in [0, 0.1) is 6.92 Å². The quantitative estimate of drug-likeness (QED) is 0.638. The molecule has 0 aliphatic heterocycles. The maximum Gasteiger partial charge on any atom is 0.166 e. The summed E-state index contributed by atoms with van der Waals surface area (Å²) in [7, 11) is 1.99. The highest BCUT2D eigenvalue weighted by Gasteiger charge is 2.19. The molecule has 2 aromatic carbocycles. The van der Waals surface area contributed by atoms with Crippen molar-refractivity contribution in [2.24, 2.45) is 7.05 Å². The van der Waals surface area contributed by atoms with Crippen LogP contribution in [0.1, 0.15) is 41.1 Å². The lowest BCUT2D eigenvalue weighted by Crippen LogP contribution is -2.33. The average Bonchev–Trinajstić information content (AvgIpc) is 2.92. The average molecular weight is 350 g/mol. The van der Waals surface area contributed by atoms with Crippen molar-refractivity contribution in [2.75, 3.05) is 6.54 Å². The summed E-state index contributed by atoms with van der Waals surface area (Å²) in [4.78, 5) is 12.8. The molecule has 0 radical (unpaired) electrons. The number of aliphatic hydroxyl groups excluding tert-OH is 1. The summed E-state index contributed by atoms with van der Waals surface area (Å²) in [6.45, 7) is 4.46. The minimum absolute atomic E-state index is 0.126. The Morgan fingerprint density at radius 1 is 1.12 bits per heavy atom. The van der Waals surface area contributed by atoms with E-state index in [0.717, 1.165) is 27.7 Å². The fourth-order valence-electron chi connectivity index (χ4n) is 3.46. The number of aryl methyl sites for hydroxylation is 1. The summed E-state index contributed by atoms with van der Waals surface area (Å²) in [6.07, 6.45) is -0.189. The van der Waals surface area contributed by atoms with Gasteiger partial charge in [0.15, 0.2) is 5.78 Å². The van der Waals surface area contributed by atoms with Crippen molar-refractivity contribution in [3.63, 3.8) is 0 Å². The molecule has 2 atom stereocenters. The molecule has 2 unspecified atom stereocenters. The van der Waals surface area contributed by atoms with Crippen molar-refractivity contribution in [1.82, 2.24) is 9.88 Å². The van der Waals surface area contributed by atoms with E-state index in [1.807, 2.05) is 75.5 Å². The normalized spacial score (nSPS) is 13.7. The van der Waals surface area contributed by atoms with Gasteiger partial charge in [0.05, 0.1) is 6.10 Å². The highest BCUT2D eigenvalue weighted by atomic mass is 16.3. The predicted molar refractivity (Wildman–Crippen MR) is 105 cm³/mol. The topological polar surface area (TPSA) is 54.3 Å². The van der Waals surface area contributed by atoms with Crippen molar-refractivity contribution in [1.29, 1.82) is 0 Å². The van der Waals surface area contributed by atoms with Gasteiger partial charge in [-0.1, -0.05) is 48.5 Å². The summed E-state index contributed by atoms with van der Waals surface area (Å²) in [6, 6.07) is 17.5. The van der Waals surface area contributed by atoms with Gasteiger partial charge in [-0.25, -0.2) is 0 Å². The fraction of sp³-hybridized carbons (Fsp3) is 0.318. The number of rotatable bonds is 7. The molecule has 3 rings (SSSR count).